The van der Waals surface area contributed by atoms with Gasteiger partial charge in [-0.15, -0.1) is 0 Å². The molecule has 1 aromatic heterocycles. The van der Waals surface area contributed by atoms with E-state index in [1.165, 1.54) is 24.4 Å². The normalized spacial score (nSPS) is 11.4. The lowest BCUT2D eigenvalue weighted by Gasteiger charge is -2.10. The van der Waals surface area contributed by atoms with Crippen LogP contribution in [0.25, 0.3) is 0 Å². The van der Waals surface area contributed by atoms with E-state index in [-0.39, 0.29) is 17.5 Å². The van der Waals surface area contributed by atoms with Crippen molar-refractivity contribution in [2.75, 3.05) is 11.9 Å². The highest BCUT2D eigenvalue weighted by Crippen LogP contribution is 2.30. The molecule has 0 atom stereocenters. The number of rotatable bonds is 5. The van der Waals surface area contributed by atoms with Gasteiger partial charge in [-0.25, -0.2) is 9.97 Å². The van der Waals surface area contributed by atoms with Crippen molar-refractivity contribution in [1.29, 1.82) is 0 Å². The van der Waals surface area contributed by atoms with Gasteiger partial charge in [-0.3, -0.25) is 4.79 Å². The molecule has 0 fully saturated rings. The quantitative estimate of drug-likeness (QED) is 0.874. The summed E-state index contributed by atoms with van der Waals surface area (Å²) in [5.41, 5.74) is -0.168. The van der Waals surface area contributed by atoms with Gasteiger partial charge in [0.1, 0.15) is 5.69 Å². The molecule has 2 rings (SSSR count). The summed E-state index contributed by atoms with van der Waals surface area (Å²) in [5.74, 6) is 0.106. The van der Waals surface area contributed by atoms with E-state index in [1.807, 2.05) is 13.8 Å². The maximum Gasteiger partial charge on any atom is 0.416 e. The number of halogens is 3. The zero-order chi connectivity index (χ0) is 17.7. The summed E-state index contributed by atoms with van der Waals surface area (Å²) in [5, 5.41) is 5.50. The fourth-order valence-corrected chi connectivity index (χ4v) is 1.80. The first-order valence-electron chi connectivity index (χ1n) is 7.31. The Labute approximate surface area is 137 Å². The second-order valence-corrected chi connectivity index (χ2v) is 5.57. The van der Waals surface area contributed by atoms with Crippen molar-refractivity contribution < 1.29 is 18.0 Å². The molecule has 1 amide bonds. The maximum absolute atomic E-state index is 12.5. The highest BCUT2D eigenvalue weighted by atomic mass is 19.4. The molecule has 0 spiro atoms. The Morgan fingerprint density at radius 1 is 1.17 bits per heavy atom. The summed E-state index contributed by atoms with van der Waals surface area (Å²) < 4.78 is 37.6. The number of amides is 1. The average molecular weight is 338 g/mol. The number of aromatic nitrogens is 2. The fraction of sp³-hybridized carbons (Fsp3) is 0.312. The molecule has 0 aliphatic rings. The zero-order valence-electron chi connectivity index (χ0n) is 13.2. The minimum absolute atomic E-state index is 0.131. The van der Waals surface area contributed by atoms with E-state index in [1.54, 1.807) is 0 Å². The molecule has 0 radical (unpaired) electrons. The van der Waals surface area contributed by atoms with Crippen LogP contribution in [-0.2, 0) is 6.18 Å². The summed E-state index contributed by atoms with van der Waals surface area (Å²) in [6.45, 7) is 4.46. The van der Waals surface area contributed by atoms with Gasteiger partial charge in [0.05, 0.1) is 5.56 Å². The molecule has 0 bridgehead atoms. The van der Waals surface area contributed by atoms with Crippen LogP contribution in [0.15, 0.2) is 36.5 Å². The number of alkyl halides is 3. The molecule has 0 aliphatic heterocycles. The van der Waals surface area contributed by atoms with Gasteiger partial charge in [0.15, 0.2) is 0 Å². The second kappa shape index (κ2) is 7.29. The van der Waals surface area contributed by atoms with Crippen LogP contribution in [0.4, 0.5) is 24.8 Å². The molecule has 0 unspecified atom stereocenters. The SMILES string of the molecule is CC(C)CNC(=O)c1ccnc(Nc2ccc(C(F)(F)F)cc2)n1. The minimum atomic E-state index is -4.39. The molecule has 2 aromatic rings. The highest BCUT2D eigenvalue weighted by Gasteiger charge is 2.29. The van der Waals surface area contributed by atoms with Crippen LogP contribution in [0.2, 0.25) is 0 Å². The van der Waals surface area contributed by atoms with Crippen molar-refractivity contribution in [3.8, 4) is 0 Å². The fourth-order valence-electron chi connectivity index (χ4n) is 1.80. The van der Waals surface area contributed by atoms with Crippen LogP contribution < -0.4 is 10.6 Å². The lowest BCUT2D eigenvalue weighted by atomic mass is 10.2. The van der Waals surface area contributed by atoms with Gasteiger partial charge in [0.25, 0.3) is 5.91 Å². The van der Waals surface area contributed by atoms with Crippen molar-refractivity contribution in [1.82, 2.24) is 15.3 Å². The molecule has 0 aliphatic carbocycles. The number of hydrogen-bond donors (Lipinski definition) is 2. The van der Waals surface area contributed by atoms with Gasteiger partial charge >= 0.3 is 6.18 Å². The Morgan fingerprint density at radius 3 is 2.42 bits per heavy atom. The molecule has 5 nitrogen and oxygen atoms in total. The Hall–Kier alpha value is -2.64. The number of nitrogens with zero attached hydrogens (tertiary/aromatic N) is 2. The maximum atomic E-state index is 12.5. The molecular formula is C16H17F3N4O. The van der Waals surface area contributed by atoms with Crippen LogP contribution in [0, 0.1) is 5.92 Å². The average Bonchev–Trinajstić information content (AvgIpc) is 2.52. The Kier molecular flexibility index (Phi) is 5.38. The minimum Gasteiger partial charge on any atom is -0.350 e. The molecule has 0 saturated carbocycles. The first-order chi connectivity index (χ1) is 11.3. The van der Waals surface area contributed by atoms with Crippen LogP contribution in [0.5, 0.6) is 0 Å². The topological polar surface area (TPSA) is 66.9 Å². The van der Waals surface area contributed by atoms with Gasteiger partial charge in [0, 0.05) is 18.4 Å². The third-order valence-electron chi connectivity index (χ3n) is 3.03. The monoisotopic (exact) mass is 338 g/mol. The van der Waals surface area contributed by atoms with E-state index in [9.17, 15) is 18.0 Å². The van der Waals surface area contributed by atoms with Gasteiger partial charge in [0.2, 0.25) is 5.95 Å². The Balaban J connectivity index is 2.08. The lowest BCUT2D eigenvalue weighted by molar-refractivity contribution is -0.137. The van der Waals surface area contributed by atoms with E-state index in [4.69, 9.17) is 0 Å². The number of carbonyl (C=O) groups is 1. The van der Waals surface area contributed by atoms with Crippen molar-refractivity contribution in [3.05, 3.63) is 47.8 Å². The number of anilines is 2. The smallest absolute Gasteiger partial charge is 0.350 e. The summed E-state index contributed by atoms with van der Waals surface area (Å²) in [4.78, 5) is 20.0. The predicted molar refractivity (Wildman–Crippen MR) is 83.9 cm³/mol. The van der Waals surface area contributed by atoms with Gasteiger partial charge in [-0.05, 0) is 36.2 Å². The molecule has 1 heterocycles. The third-order valence-corrected chi connectivity index (χ3v) is 3.03. The Bertz CT molecular complexity index is 699. The first kappa shape index (κ1) is 17.7. The van der Waals surface area contributed by atoms with Crippen molar-refractivity contribution >= 4 is 17.5 Å². The van der Waals surface area contributed by atoms with E-state index in [0.717, 1.165) is 12.1 Å². The molecule has 8 heteroatoms. The number of hydrogen-bond acceptors (Lipinski definition) is 4. The first-order valence-corrected chi connectivity index (χ1v) is 7.31. The standard InChI is InChI=1S/C16H17F3N4O/c1-10(2)9-21-14(24)13-7-8-20-15(23-13)22-12-5-3-11(4-6-12)16(17,18)19/h3-8,10H,9H2,1-2H3,(H,21,24)(H,20,22,23). The zero-order valence-corrected chi connectivity index (χ0v) is 13.2. The second-order valence-electron chi connectivity index (χ2n) is 5.57. The lowest BCUT2D eigenvalue weighted by Crippen LogP contribution is -2.28. The van der Waals surface area contributed by atoms with Crippen LogP contribution >= 0.6 is 0 Å². The summed E-state index contributed by atoms with van der Waals surface area (Å²) in [7, 11) is 0. The number of benzene rings is 1. The molecular weight excluding hydrogens is 321 g/mol. The molecule has 1 aromatic carbocycles. The molecule has 0 saturated heterocycles. The molecule has 128 valence electrons. The summed E-state index contributed by atoms with van der Waals surface area (Å²) in [6, 6.07) is 5.94. The van der Waals surface area contributed by atoms with Crippen molar-refractivity contribution in [2.45, 2.75) is 20.0 Å². The van der Waals surface area contributed by atoms with E-state index in [2.05, 4.69) is 20.6 Å². The van der Waals surface area contributed by atoms with Crippen LogP contribution in [0.1, 0.15) is 29.9 Å². The summed E-state index contributed by atoms with van der Waals surface area (Å²) >= 11 is 0. The third kappa shape index (κ3) is 4.94. The molecule has 24 heavy (non-hydrogen) atoms. The summed E-state index contributed by atoms with van der Waals surface area (Å²) in [6.07, 6.45) is -2.98. The highest BCUT2D eigenvalue weighted by molar-refractivity contribution is 5.92. The number of nitrogens with one attached hydrogen (secondary N) is 2. The Morgan fingerprint density at radius 2 is 1.83 bits per heavy atom. The molecule has 2 N–H and O–H groups in total. The van der Waals surface area contributed by atoms with Crippen molar-refractivity contribution in [2.24, 2.45) is 5.92 Å². The number of carbonyl (C=O) groups excluding carboxylic acids is 1. The van der Waals surface area contributed by atoms with Crippen LogP contribution in [-0.4, -0.2) is 22.4 Å². The van der Waals surface area contributed by atoms with Gasteiger partial charge in [-0.1, -0.05) is 13.8 Å². The van der Waals surface area contributed by atoms with E-state index in [0.29, 0.717) is 18.2 Å². The van der Waals surface area contributed by atoms with E-state index >= 15 is 0 Å². The van der Waals surface area contributed by atoms with Gasteiger partial charge < -0.3 is 10.6 Å². The predicted octanol–water partition coefficient (Wildman–Crippen LogP) is 3.62. The largest absolute Gasteiger partial charge is 0.416 e. The van der Waals surface area contributed by atoms with E-state index < -0.39 is 11.7 Å². The van der Waals surface area contributed by atoms with Crippen molar-refractivity contribution in [3.63, 3.8) is 0 Å². The van der Waals surface area contributed by atoms with Gasteiger partial charge in [-0.2, -0.15) is 13.2 Å². The van der Waals surface area contributed by atoms with Crippen LogP contribution in [0.3, 0.4) is 0 Å².